The number of rotatable bonds is 4. The molecule has 0 aliphatic carbocycles. The molecule has 4 aromatic rings. The van der Waals surface area contributed by atoms with Crippen LogP contribution >= 0.6 is 11.3 Å². The molecular weight excluding hydrogens is 388 g/mol. The largest absolute Gasteiger partial charge is 0.508 e. The highest BCUT2D eigenvalue weighted by molar-refractivity contribution is 7.17. The molecule has 148 valence electrons. The van der Waals surface area contributed by atoms with Crippen molar-refractivity contribution in [3.63, 3.8) is 0 Å². The van der Waals surface area contributed by atoms with Crippen LogP contribution in [0.4, 0.5) is 5.69 Å². The van der Waals surface area contributed by atoms with Crippen LogP contribution in [-0.4, -0.2) is 46.2 Å². The molecule has 8 heteroatoms. The van der Waals surface area contributed by atoms with Crippen LogP contribution in [0.3, 0.4) is 0 Å². The molecule has 3 aromatic heterocycles. The first-order valence-electron chi connectivity index (χ1n) is 9.48. The van der Waals surface area contributed by atoms with Gasteiger partial charge in [-0.05, 0) is 36.4 Å². The smallest absolute Gasteiger partial charge is 0.260 e. The molecule has 0 unspecified atom stereocenters. The maximum atomic E-state index is 12.7. The second-order valence-corrected chi connectivity index (χ2v) is 7.96. The number of aromatic amines is 1. The van der Waals surface area contributed by atoms with E-state index in [1.165, 1.54) is 11.3 Å². The number of thiophene rings is 1. The third-order valence-corrected chi connectivity index (χ3v) is 6.11. The molecule has 0 spiro atoms. The van der Waals surface area contributed by atoms with E-state index in [2.05, 4.69) is 19.8 Å². The average Bonchev–Trinajstić information content (AvgIpc) is 3.39. The van der Waals surface area contributed by atoms with E-state index in [9.17, 15) is 9.90 Å². The summed E-state index contributed by atoms with van der Waals surface area (Å²) in [6.45, 7) is 4.15. The van der Waals surface area contributed by atoms with E-state index in [4.69, 9.17) is 4.42 Å². The lowest BCUT2D eigenvalue weighted by atomic mass is 10.2. The van der Waals surface area contributed by atoms with Gasteiger partial charge in [-0.25, -0.2) is 4.98 Å². The van der Waals surface area contributed by atoms with Gasteiger partial charge in [0.25, 0.3) is 5.56 Å². The molecule has 0 amide bonds. The topological polar surface area (TPSA) is 85.6 Å². The number of nitrogens with one attached hydrogen (secondary N) is 1. The molecule has 1 aromatic carbocycles. The zero-order valence-electron chi connectivity index (χ0n) is 15.7. The summed E-state index contributed by atoms with van der Waals surface area (Å²) in [7, 11) is 0. The number of H-pyrrole nitrogens is 1. The van der Waals surface area contributed by atoms with E-state index in [1.807, 2.05) is 29.6 Å². The minimum absolute atomic E-state index is 0.125. The SMILES string of the molecule is O=c1[nH]c(CN2CCN(c3ccc(O)cc3)CC2)nc2scc(-c3ccco3)c12. The molecule has 1 fully saturated rings. The third-order valence-electron chi connectivity index (χ3n) is 5.24. The minimum atomic E-state index is -0.125. The number of benzene rings is 1. The number of piperazine rings is 1. The van der Waals surface area contributed by atoms with Crippen molar-refractivity contribution in [3.8, 4) is 17.1 Å². The van der Waals surface area contributed by atoms with E-state index in [-0.39, 0.29) is 11.3 Å². The standard InChI is InChI=1S/C21H20N4O3S/c26-15-5-3-14(4-6-15)25-9-7-24(8-10-25)12-18-22-20(27)19-16(13-29-21(19)23-18)17-2-1-11-28-17/h1-6,11,13,26H,7-10,12H2,(H,22,23,27). The van der Waals surface area contributed by atoms with Gasteiger partial charge in [0.1, 0.15) is 22.2 Å². The summed E-state index contributed by atoms with van der Waals surface area (Å²) < 4.78 is 5.45. The predicted octanol–water partition coefficient (Wildman–Crippen LogP) is 3.27. The van der Waals surface area contributed by atoms with Gasteiger partial charge < -0.3 is 19.4 Å². The highest BCUT2D eigenvalue weighted by Gasteiger charge is 2.20. The van der Waals surface area contributed by atoms with Crippen molar-refractivity contribution >= 4 is 27.2 Å². The van der Waals surface area contributed by atoms with Crippen LogP contribution in [0.15, 0.2) is 57.3 Å². The molecule has 5 rings (SSSR count). The molecule has 0 atom stereocenters. The Balaban J connectivity index is 1.30. The molecule has 7 nitrogen and oxygen atoms in total. The number of nitrogens with zero attached hydrogens (tertiary/aromatic N) is 3. The lowest BCUT2D eigenvalue weighted by Crippen LogP contribution is -2.46. The Morgan fingerprint density at radius 2 is 1.93 bits per heavy atom. The second-order valence-electron chi connectivity index (χ2n) is 7.10. The molecular formula is C21H20N4O3S. The monoisotopic (exact) mass is 408 g/mol. The number of aromatic nitrogens is 2. The van der Waals surface area contributed by atoms with E-state index >= 15 is 0 Å². The maximum Gasteiger partial charge on any atom is 0.260 e. The van der Waals surface area contributed by atoms with Crippen molar-refractivity contribution in [1.29, 1.82) is 0 Å². The van der Waals surface area contributed by atoms with Crippen molar-refractivity contribution in [2.24, 2.45) is 0 Å². The number of phenolic OH excluding ortho intramolecular Hbond substituents is 1. The number of phenols is 1. The fraction of sp³-hybridized carbons (Fsp3) is 0.238. The van der Waals surface area contributed by atoms with Crippen LogP contribution in [0.1, 0.15) is 5.82 Å². The Kier molecular flexibility index (Phi) is 4.57. The first-order valence-corrected chi connectivity index (χ1v) is 10.4. The minimum Gasteiger partial charge on any atom is -0.508 e. The Hall–Kier alpha value is -3.10. The quantitative estimate of drug-likeness (QED) is 0.539. The van der Waals surface area contributed by atoms with Crippen LogP contribution in [0.2, 0.25) is 0 Å². The van der Waals surface area contributed by atoms with Crippen molar-refractivity contribution in [3.05, 3.63) is 64.2 Å². The average molecular weight is 408 g/mol. The Morgan fingerprint density at radius 1 is 1.14 bits per heavy atom. The second kappa shape index (κ2) is 7.38. The molecule has 0 bridgehead atoms. The molecule has 1 aliphatic heterocycles. The van der Waals surface area contributed by atoms with E-state index < -0.39 is 0 Å². The van der Waals surface area contributed by atoms with Gasteiger partial charge in [0.05, 0.1) is 18.2 Å². The van der Waals surface area contributed by atoms with Crippen molar-refractivity contribution in [2.75, 3.05) is 31.1 Å². The molecule has 29 heavy (non-hydrogen) atoms. The zero-order chi connectivity index (χ0) is 19.8. The van der Waals surface area contributed by atoms with Gasteiger partial charge in [0.15, 0.2) is 0 Å². The summed E-state index contributed by atoms with van der Waals surface area (Å²) in [5.74, 6) is 1.65. The first-order chi connectivity index (χ1) is 14.2. The van der Waals surface area contributed by atoms with Crippen LogP contribution in [0.25, 0.3) is 21.5 Å². The van der Waals surface area contributed by atoms with Crippen molar-refractivity contribution in [1.82, 2.24) is 14.9 Å². The van der Waals surface area contributed by atoms with Gasteiger partial charge >= 0.3 is 0 Å². The number of anilines is 1. The van der Waals surface area contributed by atoms with Crippen LogP contribution < -0.4 is 10.5 Å². The van der Waals surface area contributed by atoms with Gasteiger partial charge in [-0.2, -0.15) is 0 Å². The summed E-state index contributed by atoms with van der Waals surface area (Å²) >= 11 is 1.46. The highest BCUT2D eigenvalue weighted by atomic mass is 32.1. The molecule has 4 heterocycles. The van der Waals surface area contributed by atoms with Crippen LogP contribution in [0, 0.1) is 0 Å². The lowest BCUT2D eigenvalue weighted by molar-refractivity contribution is 0.244. The normalized spacial score (nSPS) is 15.2. The molecule has 1 aliphatic rings. The molecule has 2 N–H and O–H groups in total. The summed E-state index contributed by atoms with van der Waals surface area (Å²) in [5.41, 5.74) is 1.78. The lowest BCUT2D eigenvalue weighted by Gasteiger charge is -2.35. The number of furan rings is 1. The summed E-state index contributed by atoms with van der Waals surface area (Å²) in [6, 6.07) is 11.0. The molecule has 0 radical (unpaired) electrons. The summed E-state index contributed by atoms with van der Waals surface area (Å²) in [5, 5.41) is 12.0. The summed E-state index contributed by atoms with van der Waals surface area (Å²) in [4.78, 5) is 25.7. The van der Waals surface area contributed by atoms with E-state index in [0.717, 1.165) is 42.3 Å². The Labute approximate surface area is 170 Å². The zero-order valence-corrected chi connectivity index (χ0v) is 16.5. The molecule has 0 saturated carbocycles. The van der Waals surface area contributed by atoms with Gasteiger partial charge in [-0.15, -0.1) is 11.3 Å². The van der Waals surface area contributed by atoms with Crippen molar-refractivity contribution in [2.45, 2.75) is 6.54 Å². The number of hydrogen-bond donors (Lipinski definition) is 2. The fourth-order valence-electron chi connectivity index (χ4n) is 3.72. The fourth-order valence-corrected chi connectivity index (χ4v) is 4.67. The van der Waals surface area contributed by atoms with Crippen LogP contribution in [0.5, 0.6) is 5.75 Å². The molecule has 1 saturated heterocycles. The first kappa shape index (κ1) is 18.0. The predicted molar refractivity (Wildman–Crippen MR) is 114 cm³/mol. The number of hydrogen-bond acceptors (Lipinski definition) is 7. The number of fused-ring (bicyclic) bond motifs is 1. The number of aromatic hydroxyl groups is 1. The van der Waals surface area contributed by atoms with E-state index in [0.29, 0.717) is 23.5 Å². The Morgan fingerprint density at radius 3 is 2.66 bits per heavy atom. The Bertz CT molecular complexity index is 1170. The van der Waals surface area contributed by atoms with Crippen LogP contribution in [-0.2, 0) is 6.54 Å². The maximum absolute atomic E-state index is 12.7. The van der Waals surface area contributed by atoms with Crippen molar-refractivity contribution < 1.29 is 9.52 Å². The highest BCUT2D eigenvalue weighted by Crippen LogP contribution is 2.31. The van der Waals surface area contributed by atoms with Gasteiger partial charge in [-0.1, -0.05) is 0 Å². The third kappa shape index (κ3) is 3.52. The van der Waals surface area contributed by atoms with Gasteiger partial charge in [0, 0.05) is 42.8 Å². The van der Waals surface area contributed by atoms with E-state index in [1.54, 1.807) is 18.4 Å². The summed E-state index contributed by atoms with van der Waals surface area (Å²) in [6.07, 6.45) is 1.60. The van der Waals surface area contributed by atoms with Gasteiger partial charge in [0.2, 0.25) is 0 Å². The van der Waals surface area contributed by atoms with Gasteiger partial charge in [-0.3, -0.25) is 9.69 Å².